The van der Waals surface area contributed by atoms with Gasteiger partial charge < -0.3 is 8.98 Å². The lowest BCUT2D eigenvalue weighted by Crippen LogP contribution is -2.15. The van der Waals surface area contributed by atoms with Gasteiger partial charge in [0.2, 0.25) is 0 Å². The van der Waals surface area contributed by atoms with Crippen molar-refractivity contribution in [3.05, 3.63) is 239 Å². The molecule has 66 heavy (non-hydrogen) atoms. The lowest BCUT2D eigenvalue weighted by molar-refractivity contribution is 0.575. The highest BCUT2D eigenvalue weighted by Gasteiger charge is 2.37. The lowest BCUT2D eigenvalue weighted by atomic mass is 9.72. The summed E-state index contributed by atoms with van der Waals surface area (Å²) in [6.07, 6.45) is 5.07. The molecule has 3 aliphatic rings. The number of fused-ring (bicyclic) bond motifs is 14. The maximum Gasteiger partial charge on any atom is 0.157 e. The molecule has 0 radical (unpaired) electrons. The number of furan rings is 1. The van der Waals surface area contributed by atoms with Crippen LogP contribution in [0, 0.1) is 0 Å². The van der Waals surface area contributed by atoms with E-state index in [1.165, 1.54) is 88.2 Å². The fourth-order valence-corrected chi connectivity index (χ4v) is 11.8. The second-order valence-electron chi connectivity index (χ2n) is 18.5. The molecule has 3 heteroatoms. The number of aliphatic imine (C=N–C) groups is 1. The highest BCUT2D eigenvalue weighted by molar-refractivity contribution is 6.21. The highest BCUT2D eigenvalue weighted by Crippen LogP contribution is 2.56. The van der Waals surface area contributed by atoms with Gasteiger partial charge in [0.25, 0.3) is 0 Å². The van der Waals surface area contributed by atoms with Crippen LogP contribution in [0.15, 0.2) is 210 Å². The average Bonchev–Trinajstić information content (AvgIpc) is 3.86. The number of benzene rings is 9. The van der Waals surface area contributed by atoms with Gasteiger partial charge in [-0.05, 0) is 134 Å². The third kappa shape index (κ3) is 5.59. The number of hydrogen-bond acceptors (Lipinski definition) is 2. The van der Waals surface area contributed by atoms with Crippen LogP contribution in [0.4, 0.5) is 0 Å². The van der Waals surface area contributed by atoms with Crippen LogP contribution in [0.25, 0.3) is 88.3 Å². The molecule has 0 saturated heterocycles. The Morgan fingerprint density at radius 3 is 2.03 bits per heavy atom. The summed E-state index contributed by atoms with van der Waals surface area (Å²) in [6, 6.07) is 71.5. The molecule has 2 aliphatic carbocycles. The molecule has 14 rings (SSSR count). The van der Waals surface area contributed by atoms with Crippen molar-refractivity contribution in [1.82, 2.24) is 4.57 Å². The molecule has 3 heterocycles. The molecule has 0 N–H and O–H groups in total. The third-order valence-electron chi connectivity index (χ3n) is 15.0. The Balaban J connectivity index is 0.966. The molecule has 1 aliphatic heterocycles. The molecule has 3 nitrogen and oxygen atoms in total. The summed E-state index contributed by atoms with van der Waals surface area (Å²) < 4.78 is 9.26. The number of hydrogen-bond donors (Lipinski definition) is 0. The van der Waals surface area contributed by atoms with Crippen molar-refractivity contribution in [2.75, 3.05) is 0 Å². The van der Waals surface area contributed by atoms with Crippen LogP contribution in [0.2, 0.25) is 0 Å². The minimum absolute atomic E-state index is 0.399. The van der Waals surface area contributed by atoms with E-state index in [4.69, 9.17) is 9.41 Å². The molecule has 9 aromatic carbocycles. The molecule has 0 fully saturated rings. The number of nitrogens with zero attached hydrogens (tertiary/aromatic N) is 2. The van der Waals surface area contributed by atoms with Gasteiger partial charge >= 0.3 is 0 Å². The fraction of sp³-hybridized carbons (Fsp3) is 0.0952. The predicted octanol–water partition coefficient (Wildman–Crippen LogP) is 16.3. The number of allylic oxidation sites excluding steroid dienone is 1. The highest BCUT2D eigenvalue weighted by atomic mass is 16.3. The van der Waals surface area contributed by atoms with E-state index in [2.05, 4.69) is 212 Å². The molecule has 2 aromatic heterocycles. The van der Waals surface area contributed by atoms with E-state index in [0.717, 1.165) is 64.2 Å². The Kier molecular flexibility index (Phi) is 8.21. The van der Waals surface area contributed by atoms with Crippen LogP contribution in [0.3, 0.4) is 0 Å². The van der Waals surface area contributed by atoms with Crippen molar-refractivity contribution in [3.63, 3.8) is 0 Å². The predicted molar refractivity (Wildman–Crippen MR) is 274 cm³/mol. The molecule has 0 amide bonds. The summed E-state index contributed by atoms with van der Waals surface area (Å²) in [5.74, 6) is 1.68. The second-order valence-corrected chi connectivity index (χ2v) is 18.5. The Morgan fingerprint density at radius 1 is 0.530 bits per heavy atom. The fourth-order valence-electron chi connectivity index (χ4n) is 11.8. The van der Waals surface area contributed by atoms with Crippen LogP contribution in [0.1, 0.15) is 64.3 Å². The van der Waals surface area contributed by atoms with Gasteiger partial charge in [-0.25, -0.2) is 4.99 Å². The quantitative estimate of drug-likeness (QED) is 0.174. The van der Waals surface area contributed by atoms with Gasteiger partial charge in [-0.2, -0.15) is 0 Å². The van der Waals surface area contributed by atoms with E-state index in [9.17, 15) is 0 Å². The lowest BCUT2D eigenvalue weighted by Gasteiger charge is -2.31. The maximum atomic E-state index is 6.73. The molecule has 2 bridgehead atoms. The molecule has 312 valence electrons. The molecule has 11 aromatic rings. The summed E-state index contributed by atoms with van der Waals surface area (Å²) in [4.78, 5) is 5.55. The monoisotopic (exact) mass is 844 g/mol. The molecule has 0 saturated carbocycles. The van der Waals surface area contributed by atoms with E-state index in [1.54, 1.807) is 0 Å². The van der Waals surface area contributed by atoms with E-state index < -0.39 is 0 Å². The number of aromatic nitrogens is 1. The van der Waals surface area contributed by atoms with E-state index >= 15 is 0 Å². The smallest absolute Gasteiger partial charge is 0.157 e. The van der Waals surface area contributed by atoms with Crippen molar-refractivity contribution in [1.29, 1.82) is 0 Å². The summed E-state index contributed by atoms with van der Waals surface area (Å²) >= 11 is 0. The zero-order valence-corrected chi connectivity index (χ0v) is 36.6. The second kappa shape index (κ2) is 14.5. The minimum Gasteiger partial charge on any atom is -0.454 e. The molecule has 2 atom stereocenters. The van der Waals surface area contributed by atoms with Gasteiger partial charge in [0.15, 0.2) is 5.76 Å². The SMILES string of the molecule is CC1c2ccccc2-c2cc3c(c4c2CC1c1ccccc1-4)c1cc2ccccc2cc1n3-c1ccc(C2=C/CCc3c(oc4ccccc34)/C(c3ccc(-c4ccccc4)cc3)=N\2)cc1. The van der Waals surface area contributed by atoms with Gasteiger partial charge in [-0.15, -0.1) is 0 Å². The summed E-state index contributed by atoms with van der Waals surface area (Å²) in [7, 11) is 0. The van der Waals surface area contributed by atoms with Gasteiger partial charge in [0, 0.05) is 33.0 Å². The van der Waals surface area contributed by atoms with Gasteiger partial charge in [-0.1, -0.05) is 171 Å². The zero-order chi connectivity index (χ0) is 43.5. The van der Waals surface area contributed by atoms with Gasteiger partial charge in [0.1, 0.15) is 11.3 Å². The Hall–Kier alpha value is -8.01. The summed E-state index contributed by atoms with van der Waals surface area (Å²) in [6.45, 7) is 2.44. The molecule has 0 spiro atoms. The third-order valence-corrected chi connectivity index (χ3v) is 15.0. The van der Waals surface area contributed by atoms with Crippen molar-refractivity contribution < 1.29 is 4.42 Å². The van der Waals surface area contributed by atoms with Crippen molar-refractivity contribution in [2.45, 2.75) is 38.0 Å². The summed E-state index contributed by atoms with van der Waals surface area (Å²) in [5, 5.41) is 6.29. The summed E-state index contributed by atoms with van der Waals surface area (Å²) in [5.41, 5.74) is 21.9. The number of rotatable bonds is 4. The Morgan fingerprint density at radius 2 is 1.20 bits per heavy atom. The van der Waals surface area contributed by atoms with E-state index in [1.807, 2.05) is 0 Å². The topological polar surface area (TPSA) is 30.4 Å². The number of para-hydroxylation sites is 1. The van der Waals surface area contributed by atoms with Crippen molar-refractivity contribution in [3.8, 4) is 39.1 Å². The Labute approximate surface area is 383 Å². The van der Waals surface area contributed by atoms with Crippen LogP contribution < -0.4 is 0 Å². The van der Waals surface area contributed by atoms with Gasteiger partial charge in [-0.3, -0.25) is 0 Å². The van der Waals surface area contributed by atoms with E-state index in [-0.39, 0.29) is 0 Å². The number of aryl methyl sites for hydroxylation is 1. The minimum atomic E-state index is 0.399. The van der Waals surface area contributed by atoms with Gasteiger partial charge in [0.05, 0.1) is 16.7 Å². The van der Waals surface area contributed by atoms with Crippen LogP contribution >= 0.6 is 0 Å². The first-order chi connectivity index (χ1) is 32.6. The zero-order valence-electron chi connectivity index (χ0n) is 36.6. The first kappa shape index (κ1) is 37.4. The molecular weight excluding hydrogens is 801 g/mol. The first-order valence-electron chi connectivity index (χ1n) is 23.4. The van der Waals surface area contributed by atoms with Crippen LogP contribution in [-0.2, 0) is 12.8 Å². The molecule has 2 unspecified atom stereocenters. The first-order valence-corrected chi connectivity index (χ1v) is 23.4. The van der Waals surface area contributed by atoms with Crippen molar-refractivity contribution in [2.24, 2.45) is 4.99 Å². The molecular formula is C63H44N2O. The Bertz CT molecular complexity index is 3840. The van der Waals surface area contributed by atoms with Crippen LogP contribution in [0.5, 0.6) is 0 Å². The van der Waals surface area contributed by atoms with Crippen molar-refractivity contribution >= 4 is 55.0 Å². The van der Waals surface area contributed by atoms with Crippen LogP contribution in [-0.4, -0.2) is 10.3 Å². The standard InChI is InChI=1S/C63H44N2O/c1-38-46-18-7-8-19-47(46)53-37-58-61(60-50-22-10-9-20-48(50)52(38)36-54(53)60)55-34-43-16-5-6-17-44(43)35-57(55)65(58)45-32-30-41(31-33-45)56-24-13-23-51-49-21-11-12-25-59(49)66-63(51)62(64-56)42-28-26-40(27-29-42)39-14-3-2-4-15-39/h2-12,14-22,24-35,37-38,52H,13,23,36H2,1H3/b56-24-,64-62-. The normalized spacial score (nSPS) is 17.8. The largest absolute Gasteiger partial charge is 0.454 e. The average molecular weight is 845 g/mol. The maximum absolute atomic E-state index is 6.73. The van der Waals surface area contributed by atoms with E-state index in [0.29, 0.717) is 11.8 Å².